The highest BCUT2D eigenvalue weighted by atomic mass is 16.7. The Morgan fingerprint density at radius 2 is 2.00 bits per heavy atom. The van der Waals surface area contributed by atoms with Crippen LogP contribution in [-0.2, 0) is 15.9 Å². The van der Waals surface area contributed by atoms with Crippen molar-refractivity contribution in [1.82, 2.24) is 9.97 Å². The molecule has 3 aromatic rings. The standard InChI is InChI=1S/C28H35N3O6/c1-14-9-10-28(16(3)12-15(2)26(37-28)17(4)25(32)19-6-5-11-30-19)36-21(14)13-22-31-24-20(35-22)8-7-18(29)23(24)27(33)34/h5-8,11,14-17,21,26,30H,9-10,12-13,29H2,1-4H3,(H,33,34). The summed E-state index contributed by atoms with van der Waals surface area (Å²) >= 11 is 0. The lowest BCUT2D eigenvalue weighted by atomic mass is 9.75. The van der Waals surface area contributed by atoms with E-state index in [4.69, 9.17) is 19.6 Å². The van der Waals surface area contributed by atoms with Crippen LogP contribution >= 0.6 is 0 Å². The number of carbonyl (C=O) groups excluding carboxylic acids is 1. The number of Topliss-reactive ketones (excluding diaryl/α,β-unsaturated/α-hetero) is 1. The average Bonchev–Trinajstić information content (AvgIpc) is 3.52. The van der Waals surface area contributed by atoms with Crippen molar-refractivity contribution in [3.63, 3.8) is 0 Å². The first-order valence-electron chi connectivity index (χ1n) is 13.0. The Morgan fingerprint density at radius 1 is 1.22 bits per heavy atom. The van der Waals surface area contributed by atoms with E-state index in [9.17, 15) is 14.7 Å². The van der Waals surface area contributed by atoms with E-state index in [-0.39, 0.29) is 58.4 Å². The van der Waals surface area contributed by atoms with Gasteiger partial charge in [-0.1, -0.05) is 27.7 Å². The molecule has 2 aliphatic heterocycles. The Labute approximate surface area is 215 Å². The highest BCUT2D eigenvalue weighted by molar-refractivity contribution is 6.05. The Hall–Kier alpha value is -3.17. The summed E-state index contributed by atoms with van der Waals surface area (Å²) in [6.07, 6.45) is 4.14. The highest BCUT2D eigenvalue weighted by Crippen LogP contribution is 2.48. The fourth-order valence-electron chi connectivity index (χ4n) is 6.08. The first kappa shape index (κ1) is 25.5. The minimum Gasteiger partial charge on any atom is -0.478 e. The predicted molar refractivity (Wildman–Crippen MR) is 137 cm³/mol. The molecular formula is C28H35N3O6. The first-order valence-corrected chi connectivity index (χ1v) is 13.0. The van der Waals surface area contributed by atoms with Gasteiger partial charge in [-0.25, -0.2) is 9.78 Å². The zero-order chi connectivity index (χ0) is 26.5. The summed E-state index contributed by atoms with van der Waals surface area (Å²) in [4.78, 5) is 32.4. The number of nitrogen functional groups attached to an aromatic ring is 1. The Balaban J connectivity index is 1.38. The third kappa shape index (κ3) is 4.55. The summed E-state index contributed by atoms with van der Waals surface area (Å²) in [6.45, 7) is 8.35. The molecule has 7 atom stereocenters. The maximum absolute atomic E-state index is 13.1. The predicted octanol–water partition coefficient (Wildman–Crippen LogP) is 5.07. The van der Waals surface area contributed by atoms with Gasteiger partial charge in [-0.2, -0.15) is 0 Å². The number of carboxylic acids is 1. The highest BCUT2D eigenvalue weighted by Gasteiger charge is 2.52. The number of aromatic carboxylic acids is 1. The SMILES string of the molecule is CC1CCC2(OC1Cc1nc3c(C(=O)O)c(N)ccc3o1)OC(C(C)C(=O)c1ccc[nH]1)C(C)CC2C. The number of hydrogen-bond donors (Lipinski definition) is 3. The van der Waals surface area contributed by atoms with E-state index in [1.54, 1.807) is 18.3 Å². The lowest BCUT2D eigenvalue weighted by Gasteiger charge is -2.53. The van der Waals surface area contributed by atoms with Gasteiger partial charge in [0.1, 0.15) is 11.1 Å². The maximum Gasteiger partial charge on any atom is 0.340 e. The summed E-state index contributed by atoms with van der Waals surface area (Å²) in [5, 5.41) is 9.59. The summed E-state index contributed by atoms with van der Waals surface area (Å²) in [5.74, 6) is -1.27. The summed E-state index contributed by atoms with van der Waals surface area (Å²) in [5.41, 5.74) is 7.19. The van der Waals surface area contributed by atoms with Crippen LogP contribution in [0.3, 0.4) is 0 Å². The summed E-state index contributed by atoms with van der Waals surface area (Å²) in [7, 11) is 0. The quantitative estimate of drug-likeness (QED) is 0.309. The van der Waals surface area contributed by atoms with Crippen LogP contribution in [0.15, 0.2) is 34.9 Å². The molecule has 1 spiro atoms. The van der Waals surface area contributed by atoms with Crippen LogP contribution in [0, 0.1) is 23.7 Å². The number of anilines is 1. The molecule has 4 heterocycles. The van der Waals surface area contributed by atoms with Crippen LogP contribution in [0.4, 0.5) is 5.69 Å². The van der Waals surface area contributed by atoms with Crippen molar-refractivity contribution in [2.45, 2.75) is 71.4 Å². The number of aromatic amines is 1. The number of hydrogen-bond acceptors (Lipinski definition) is 7. The van der Waals surface area contributed by atoms with Crippen molar-refractivity contribution in [3.8, 4) is 0 Å². The molecule has 198 valence electrons. The smallest absolute Gasteiger partial charge is 0.340 e. The Morgan fingerprint density at radius 3 is 2.70 bits per heavy atom. The van der Waals surface area contributed by atoms with Crippen molar-refractivity contribution in [3.05, 3.63) is 47.6 Å². The molecule has 2 saturated heterocycles. The van der Waals surface area contributed by atoms with Gasteiger partial charge in [0.2, 0.25) is 0 Å². The zero-order valence-corrected chi connectivity index (χ0v) is 21.7. The van der Waals surface area contributed by atoms with E-state index < -0.39 is 11.8 Å². The van der Waals surface area contributed by atoms with Crippen LogP contribution in [-0.4, -0.2) is 44.8 Å². The number of ketones is 1. The lowest BCUT2D eigenvalue weighted by molar-refractivity contribution is -0.355. The summed E-state index contributed by atoms with van der Waals surface area (Å²) < 4.78 is 19.4. The summed E-state index contributed by atoms with van der Waals surface area (Å²) in [6, 6.07) is 6.78. The third-order valence-electron chi connectivity index (χ3n) is 8.30. The van der Waals surface area contributed by atoms with Crippen LogP contribution in [0.1, 0.15) is 73.7 Å². The average molecular weight is 510 g/mol. The van der Waals surface area contributed by atoms with Gasteiger partial charge < -0.3 is 29.7 Å². The molecule has 4 N–H and O–H groups in total. The van der Waals surface area contributed by atoms with Crippen molar-refractivity contribution in [2.24, 2.45) is 23.7 Å². The van der Waals surface area contributed by atoms with Crippen molar-refractivity contribution in [1.29, 1.82) is 0 Å². The van der Waals surface area contributed by atoms with Gasteiger partial charge in [0.25, 0.3) is 0 Å². The van der Waals surface area contributed by atoms with Gasteiger partial charge in [-0.15, -0.1) is 0 Å². The molecule has 7 unspecified atom stereocenters. The normalized spacial score (nSPS) is 31.0. The monoisotopic (exact) mass is 509 g/mol. The van der Waals surface area contributed by atoms with Gasteiger partial charge in [0, 0.05) is 30.1 Å². The molecule has 0 bridgehead atoms. The van der Waals surface area contributed by atoms with Gasteiger partial charge in [-0.3, -0.25) is 4.79 Å². The van der Waals surface area contributed by atoms with Gasteiger partial charge in [0.05, 0.1) is 24.3 Å². The van der Waals surface area contributed by atoms with Crippen molar-refractivity contribution in [2.75, 3.05) is 5.73 Å². The fourth-order valence-corrected chi connectivity index (χ4v) is 6.08. The van der Waals surface area contributed by atoms with Crippen molar-refractivity contribution < 1.29 is 28.6 Å². The van der Waals surface area contributed by atoms with Crippen molar-refractivity contribution >= 4 is 28.5 Å². The number of nitrogens with two attached hydrogens (primary N) is 1. The molecule has 37 heavy (non-hydrogen) atoms. The Kier molecular flexibility index (Phi) is 6.62. The number of oxazole rings is 1. The number of rotatable bonds is 6. The number of H-pyrrole nitrogens is 1. The largest absolute Gasteiger partial charge is 0.478 e. The molecule has 0 radical (unpaired) electrons. The number of benzene rings is 1. The number of aromatic nitrogens is 2. The molecule has 2 aliphatic rings. The van der Waals surface area contributed by atoms with E-state index in [1.807, 2.05) is 13.0 Å². The van der Waals surface area contributed by atoms with E-state index >= 15 is 0 Å². The molecule has 9 nitrogen and oxygen atoms in total. The lowest BCUT2D eigenvalue weighted by Crippen LogP contribution is -2.58. The number of ether oxygens (including phenoxy) is 2. The number of nitrogens with one attached hydrogen (secondary N) is 1. The van der Waals surface area contributed by atoms with Gasteiger partial charge >= 0.3 is 5.97 Å². The minimum absolute atomic E-state index is 0.0345. The second-order valence-corrected chi connectivity index (χ2v) is 10.9. The molecule has 0 aliphatic carbocycles. The number of fused-ring (bicyclic) bond motifs is 1. The first-order chi connectivity index (χ1) is 17.6. The topological polar surface area (TPSA) is 141 Å². The molecule has 2 aromatic heterocycles. The molecule has 0 amide bonds. The molecule has 0 saturated carbocycles. The van der Waals surface area contributed by atoms with Gasteiger partial charge in [0.15, 0.2) is 23.0 Å². The van der Waals surface area contributed by atoms with E-state index in [1.165, 1.54) is 6.07 Å². The molecule has 9 heteroatoms. The van der Waals surface area contributed by atoms with Crippen LogP contribution in [0.2, 0.25) is 0 Å². The molecule has 2 fully saturated rings. The van der Waals surface area contributed by atoms with E-state index in [0.717, 1.165) is 19.3 Å². The number of nitrogens with zero attached hydrogens (tertiary/aromatic N) is 1. The molecular weight excluding hydrogens is 474 g/mol. The number of carbonyl (C=O) groups is 2. The second kappa shape index (κ2) is 9.61. The fraction of sp³-hybridized carbons (Fsp3) is 0.536. The minimum atomic E-state index is -1.14. The zero-order valence-electron chi connectivity index (χ0n) is 21.7. The van der Waals surface area contributed by atoms with Crippen LogP contribution in [0.25, 0.3) is 11.1 Å². The van der Waals surface area contributed by atoms with Crippen LogP contribution < -0.4 is 5.73 Å². The van der Waals surface area contributed by atoms with Crippen LogP contribution in [0.5, 0.6) is 0 Å². The number of carboxylic acid groups (broad SMARTS) is 1. The van der Waals surface area contributed by atoms with E-state index in [2.05, 4.69) is 30.7 Å². The third-order valence-corrected chi connectivity index (χ3v) is 8.30. The maximum atomic E-state index is 13.1. The molecule has 1 aromatic carbocycles. The van der Waals surface area contributed by atoms with E-state index in [0.29, 0.717) is 23.6 Å². The second-order valence-electron chi connectivity index (χ2n) is 10.9. The molecule has 5 rings (SSSR count). The van der Waals surface area contributed by atoms with Gasteiger partial charge in [-0.05, 0) is 48.9 Å². The Bertz CT molecular complexity index is 1300.